The van der Waals surface area contributed by atoms with Crippen LogP contribution in [-0.2, 0) is 16.0 Å². The fraction of sp³-hybridized carbons (Fsp3) is 0.391. The summed E-state index contributed by atoms with van der Waals surface area (Å²) >= 11 is 0. The Kier molecular flexibility index (Phi) is 9.05. The molecule has 0 fully saturated rings. The predicted octanol–water partition coefficient (Wildman–Crippen LogP) is 4.32. The van der Waals surface area contributed by atoms with Crippen LogP contribution in [0.5, 0.6) is 0 Å². The van der Waals surface area contributed by atoms with E-state index in [0.717, 1.165) is 49.3 Å². The number of anilines is 2. The minimum Gasteiger partial charge on any atom is -0.376 e. The van der Waals surface area contributed by atoms with Crippen molar-refractivity contribution in [2.75, 3.05) is 30.3 Å². The van der Waals surface area contributed by atoms with Gasteiger partial charge >= 0.3 is 0 Å². The van der Waals surface area contributed by atoms with E-state index in [0.29, 0.717) is 6.42 Å². The van der Waals surface area contributed by atoms with E-state index in [1.807, 2.05) is 59.5 Å². The topological polar surface area (TPSA) is 61.4 Å². The molecular weight excluding hydrogens is 350 g/mol. The molecule has 0 aliphatic heterocycles. The summed E-state index contributed by atoms with van der Waals surface area (Å²) in [6, 6.07) is 17.4. The third kappa shape index (κ3) is 7.43. The predicted molar refractivity (Wildman–Crippen MR) is 115 cm³/mol. The molecule has 2 rings (SSSR count). The highest BCUT2D eigenvalue weighted by atomic mass is 16.2. The van der Waals surface area contributed by atoms with E-state index >= 15 is 0 Å². The van der Waals surface area contributed by atoms with Gasteiger partial charge in [0.15, 0.2) is 0 Å². The molecule has 2 amide bonds. The standard InChI is InChI=1S/C23H31N3O2/c1-3-16-26(17-4-2)23(28)18-24-20-11-13-21(14-12-20)25-22(27)15-10-19-8-6-5-7-9-19/h5-9,11-14,24H,3-4,10,15-18H2,1-2H3,(H,25,27). The van der Waals surface area contributed by atoms with Crippen LogP contribution >= 0.6 is 0 Å². The molecule has 0 aliphatic carbocycles. The molecule has 0 saturated carbocycles. The van der Waals surface area contributed by atoms with Crippen LogP contribution in [0.25, 0.3) is 0 Å². The van der Waals surface area contributed by atoms with E-state index in [9.17, 15) is 9.59 Å². The number of nitrogens with zero attached hydrogens (tertiary/aromatic N) is 1. The zero-order valence-corrected chi connectivity index (χ0v) is 16.9. The van der Waals surface area contributed by atoms with Crippen LogP contribution in [-0.4, -0.2) is 36.3 Å². The molecule has 0 atom stereocenters. The molecule has 0 saturated heterocycles. The summed E-state index contributed by atoms with van der Waals surface area (Å²) in [5.74, 6) is 0.108. The second-order valence-corrected chi connectivity index (χ2v) is 6.85. The Morgan fingerprint density at radius 1 is 0.857 bits per heavy atom. The Morgan fingerprint density at radius 3 is 2.07 bits per heavy atom. The summed E-state index contributed by atoms with van der Waals surface area (Å²) in [5.41, 5.74) is 2.78. The molecule has 2 aromatic carbocycles. The third-order valence-corrected chi connectivity index (χ3v) is 4.44. The van der Waals surface area contributed by atoms with Gasteiger partial charge in [0.05, 0.1) is 6.54 Å². The van der Waals surface area contributed by atoms with Gasteiger partial charge in [0, 0.05) is 30.9 Å². The first kappa shape index (κ1) is 21.5. The number of hydrogen-bond acceptors (Lipinski definition) is 3. The number of nitrogens with one attached hydrogen (secondary N) is 2. The largest absolute Gasteiger partial charge is 0.376 e. The average Bonchev–Trinajstić information content (AvgIpc) is 2.72. The SMILES string of the molecule is CCCN(CCC)C(=O)CNc1ccc(NC(=O)CCc2ccccc2)cc1. The van der Waals surface area contributed by atoms with Gasteiger partial charge in [-0.3, -0.25) is 9.59 Å². The van der Waals surface area contributed by atoms with Gasteiger partial charge in [0.2, 0.25) is 11.8 Å². The molecule has 0 spiro atoms. The molecule has 0 aromatic heterocycles. The minimum atomic E-state index is -0.00508. The van der Waals surface area contributed by atoms with E-state index in [2.05, 4.69) is 24.5 Å². The fourth-order valence-corrected chi connectivity index (χ4v) is 2.99. The summed E-state index contributed by atoms with van der Waals surface area (Å²) in [7, 11) is 0. The Labute approximate surface area is 168 Å². The van der Waals surface area contributed by atoms with Crippen LogP contribution in [0.15, 0.2) is 54.6 Å². The number of aryl methyl sites for hydroxylation is 1. The number of hydrogen-bond donors (Lipinski definition) is 2. The summed E-state index contributed by atoms with van der Waals surface area (Å²) in [5, 5.41) is 6.08. The molecule has 0 aliphatic rings. The van der Waals surface area contributed by atoms with E-state index in [4.69, 9.17) is 0 Å². The van der Waals surface area contributed by atoms with Crippen molar-refractivity contribution in [2.45, 2.75) is 39.5 Å². The lowest BCUT2D eigenvalue weighted by atomic mass is 10.1. The van der Waals surface area contributed by atoms with Gasteiger partial charge in [0.25, 0.3) is 0 Å². The minimum absolute atomic E-state index is 0.00508. The van der Waals surface area contributed by atoms with Crippen LogP contribution in [0.2, 0.25) is 0 Å². The van der Waals surface area contributed by atoms with Gasteiger partial charge < -0.3 is 15.5 Å². The molecule has 0 bridgehead atoms. The monoisotopic (exact) mass is 381 g/mol. The highest BCUT2D eigenvalue weighted by Crippen LogP contribution is 2.14. The number of carbonyl (C=O) groups excluding carboxylic acids is 2. The van der Waals surface area contributed by atoms with Crippen LogP contribution in [0, 0.1) is 0 Å². The zero-order chi connectivity index (χ0) is 20.2. The van der Waals surface area contributed by atoms with Gasteiger partial charge in [-0.2, -0.15) is 0 Å². The van der Waals surface area contributed by atoms with E-state index in [1.54, 1.807) is 0 Å². The highest BCUT2D eigenvalue weighted by Gasteiger charge is 2.11. The van der Waals surface area contributed by atoms with Crippen LogP contribution in [0.1, 0.15) is 38.7 Å². The molecular formula is C23H31N3O2. The highest BCUT2D eigenvalue weighted by molar-refractivity contribution is 5.91. The Balaban J connectivity index is 1.77. The van der Waals surface area contributed by atoms with E-state index < -0.39 is 0 Å². The van der Waals surface area contributed by atoms with E-state index in [1.165, 1.54) is 0 Å². The number of benzene rings is 2. The van der Waals surface area contributed by atoms with Crippen LogP contribution in [0.4, 0.5) is 11.4 Å². The van der Waals surface area contributed by atoms with Crippen molar-refractivity contribution in [2.24, 2.45) is 0 Å². The first-order valence-electron chi connectivity index (χ1n) is 10.1. The van der Waals surface area contributed by atoms with Gasteiger partial charge in [0.1, 0.15) is 0 Å². The molecule has 5 heteroatoms. The average molecular weight is 382 g/mol. The zero-order valence-electron chi connectivity index (χ0n) is 16.9. The molecule has 2 aromatic rings. The Morgan fingerprint density at radius 2 is 1.46 bits per heavy atom. The lowest BCUT2D eigenvalue weighted by Gasteiger charge is -2.21. The summed E-state index contributed by atoms with van der Waals surface area (Å²) in [6.45, 7) is 6.03. The first-order valence-corrected chi connectivity index (χ1v) is 10.1. The molecule has 0 radical (unpaired) electrons. The molecule has 0 unspecified atom stereocenters. The van der Waals surface area contributed by atoms with E-state index in [-0.39, 0.29) is 18.4 Å². The van der Waals surface area contributed by atoms with Gasteiger partial charge in [-0.1, -0.05) is 44.2 Å². The second kappa shape index (κ2) is 11.8. The second-order valence-electron chi connectivity index (χ2n) is 6.85. The smallest absolute Gasteiger partial charge is 0.241 e. The number of carbonyl (C=O) groups is 2. The van der Waals surface area contributed by atoms with Crippen LogP contribution in [0.3, 0.4) is 0 Å². The molecule has 150 valence electrons. The maximum atomic E-state index is 12.3. The summed E-state index contributed by atoms with van der Waals surface area (Å²) in [6.07, 6.45) is 3.10. The van der Waals surface area contributed by atoms with Crippen molar-refractivity contribution in [1.29, 1.82) is 0 Å². The van der Waals surface area contributed by atoms with Crippen LogP contribution < -0.4 is 10.6 Å². The first-order chi connectivity index (χ1) is 13.6. The maximum absolute atomic E-state index is 12.3. The van der Waals surface area contributed by atoms with Gasteiger partial charge in [-0.15, -0.1) is 0 Å². The quantitative estimate of drug-likeness (QED) is 0.609. The molecule has 5 nitrogen and oxygen atoms in total. The molecule has 28 heavy (non-hydrogen) atoms. The van der Waals surface area contributed by atoms with Crippen molar-refractivity contribution < 1.29 is 9.59 Å². The number of rotatable bonds is 11. The van der Waals surface area contributed by atoms with Crippen molar-refractivity contribution >= 4 is 23.2 Å². The fourth-order valence-electron chi connectivity index (χ4n) is 2.99. The third-order valence-electron chi connectivity index (χ3n) is 4.44. The molecule has 0 heterocycles. The Hall–Kier alpha value is -2.82. The maximum Gasteiger partial charge on any atom is 0.241 e. The van der Waals surface area contributed by atoms with Gasteiger partial charge in [-0.25, -0.2) is 0 Å². The summed E-state index contributed by atoms with van der Waals surface area (Å²) in [4.78, 5) is 26.3. The van der Waals surface area contributed by atoms with Gasteiger partial charge in [-0.05, 0) is 49.1 Å². The number of amides is 2. The van der Waals surface area contributed by atoms with Crippen molar-refractivity contribution in [3.05, 3.63) is 60.2 Å². The lowest BCUT2D eigenvalue weighted by molar-refractivity contribution is -0.129. The van der Waals surface area contributed by atoms with Crippen molar-refractivity contribution in [1.82, 2.24) is 4.90 Å². The van der Waals surface area contributed by atoms with Crippen molar-refractivity contribution in [3.8, 4) is 0 Å². The summed E-state index contributed by atoms with van der Waals surface area (Å²) < 4.78 is 0. The Bertz CT molecular complexity index is 723. The normalized spacial score (nSPS) is 10.4. The molecule has 2 N–H and O–H groups in total. The lowest BCUT2D eigenvalue weighted by Crippen LogP contribution is -2.36. The van der Waals surface area contributed by atoms with Crippen molar-refractivity contribution in [3.63, 3.8) is 0 Å².